The molecule has 1 aliphatic heterocycles. The zero-order valence-corrected chi connectivity index (χ0v) is 25.4. The zero-order valence-electron chi connectivity index (χ0n) is 23.0. The van der Waals surface area contributed by atoms with Crippen LogP contribution in [0.5, 0.6) is 5.75 Å². The number of aliphatic imine (C=N–C) groups is 1. The van der Waals surface area contributed by atoms with E-state index >= 15 is 0 Å². The summed E-state index contributed by atoms with van der Waals surface area (Å²) in [6, 6.07) is 32.7. The first kappa shape index (κ1) is 29.8. The Kier molecular flexibility index (Phi) is 9.95. The largest absolute Gasteiger partial charge is 0.494 e. The van der Waals surface area contributed by atoms with Gasteiger partial charge in [0.2, 0.25) is 5.90 Å². The molecule has 216 valence electrons. The SMILES string of the molecule is O=C(NCCc1ccccc1Cl)[C@]1(Cc2ccccc2Br)N=C(c2ccc(OCCCO)cc2)O[C@@H]1c1ccccc1. The Morgan fingerprint density at radius 2 is 1.64 bits per heavy atom. The van der Waals surface area contributed by atoms with Gasteiger partial charge in [0.05, 0.1) is 6.61 Å². The van der Waals surface area contributed by atoms with Crippen LogP contribution in [0.4, 0.5) is 0 Å². The fraction of sp³-hybridized carbons (Fsp3) is 0.235. The van der Waals surface area contributed by atoms with Gasteiger partial charge in [0.25, 0.3) is 5.91 Å². The number of aliphatic hydroxyl groups excluding tert-OH is 1. The first-order chi connectivity index (χ1) is 20.5. The first-order valence-corrected chi connectivity index (χ1v) is 15.1. The molecule has 1 aliphatic rings. The standard InChI is InChI=1S/C34H32BrClN2O4/c35-29-13-6-4-12-27(29)23-34(33(40)37-20-19-24-9-5-7-14-30(24)36)31(25-10-2-1-3-11-25)42-32(38-34)26-15-17-28(18-16-26)41-22-8-21-39/h1-7,9-18,31,39H,8,19-23H2,(H,37,40)/t31-,34-/m1/s1. The van der Waals surface area contributed by atoms with Gasteiger partial charge in [-0.3, -0.25) is 4.79 Å². The van der Waals surface area contributed by atoms with E-state index in [1.807, 2.05) is 103 Å². The van der Waals surface area contributed by atoms with Crippen molar-refractivity contribution in [2.45, 2.75) is 30.9 Å². The molecule has 4 aromatic rings. The Balaban J connectivity index is 1.51. The van der Waals surface area contributed by atoms with Crippen molar-refractivity contribution in [1.82, 2.24) is 5.32 Å². The monoisotopic (exact) mass is 646 g/mol. The van der Waals surface area contributed by atoms with Crippen LogP contribution in [-0.2, 0) is 22.4 Å². The molecule has 4 aromatic carbocycles. The van der Waals surface area contributed by atoms with E-state index in [9.17, 15) is 4.79 Å². The third-order valence-electron chi connectivity index (χ3n) is 7.19. The maximum absolute atomic E-state index is 14.3. The molecule has 0 aliphatic carbocycles. The topological polar surface area (TPSA) is 80.2 Å². The molecule has 0 saturated heterocycles. The molecule has 6 nitrogen and oxygen atoms in total. The van der Waals surface area contributed by atoms with Crippen molar-refractivity contribution in [2.24, 2.45) is 4.99 Å². The second-order valence-corrected chi connectivity index (χ2v) is 11.3. The lowest BCUT2D eigenvalue weighted by Gasteiger charge is -2.31. The molecule has 0 aromatic heterocycles. The number of amides is 1. The number of halogens is 2. The second-order valence-electron chi connectivity index (χ2n) is 10.1. The van der Waals surface area contributed by atoms with Gasteiger partial charge in [-0.05, 0) is 59.5 Å². The molecule has 0 saturated carbocycles. The number of benzene rings is 4. The van der Waals surface area contributed by atoms with Gasteiger partial charge >= 0.3 is 0 Å². The van der Waals surface area contributed by atoms with Gasteiger partial charge < -0.3 is 19.9 Å². The first-order valence-electron chi connectivity index (χ1n) is 13.9. The van der Waals surface area contributed by atoms with Gasteiger partial charge in [-0.2, -0.15) is 0 Å². The third-order valence-corrected chi connectivity index (χ3v) is 8.33. The summed E-state index contributed by atoms with van der Waals surface area (Å²) in [5, 5.41) is 12.9. The number of nitrogens with zero attached hydrogens (tertiary/aromatic N) is 1. The van der Waals surface area contributed by atoms with E-state index < -0.39 is 11.6 Å². The van der Waals surface area contributed by atoms with Crippen LogP contribution in [0, 0.1) is 0 Å². The molecule has 1 amide bonds. The van der Waals surface area contributed by atoms with Crippen LogP contribution in [0.1, 0.15) is 34.8 Å². The van der Waals surface area contributed by atoms with E-state index in [1.165, 1.54) is 0 Å². The van der Waals surface area contributed by atoms with Gasteiger partial charge in [-0.15, -0.1) is 0 Å². The predicted octanol–water partition coefficient (Wildman–Crippen LogP) is 6.72. The fourth-order valence-corrected chi connectivity index (χ4v) is 5.66. The Labute approximate surface area is 259 Å². The molecule has 8 heteroatoms. The average Bonchev–Trinajstić information content (AvgIpc) is 3.41. The lowest BCUT2D eigenvalue weighted by molar-refractivity contribution is -0.128. The summed E-state index contributed by atoms with van der Waals surface area (Å²) in [5.41, 5.74) is 2.22. The Hall–Kier alpha value is -3.65. The number of hydrogen-bond donors (Lipinski definition) is 2. The van der Waals surface area contributed by atoms with E-state index in [0.717, 1.165) is 26.7 Å². The van der Waals surface area contributed by atoms with Crippen molar-refractivity contribution >= 4 is 39.3 Å². The molecule has 0 spiro atoms. The molecule has 2 atom stereocenters. The number of ether oxygens (including phenoxy) is 2. The smallest absolute Gasteiger partial charge is 0.252 e. The number of hydrogen-bond acceptors (Lipinski definition) is 5. The van der Waals surface area contributed by atoms with Gasteiger partial charge in [-0.25, -0.2) is 4.99 Å². The fourth-order valence-electron chi connectivity index (χ4n) is 5.01. The van der Waals surface area contributed by atoms with Crippen LogP contribution >= 0.6 is 27.5 Å². The quantitative estimate of drug-likeness (QED) is 0.167. The molecule has 0 radical (unpaired) electrons. The van der Waals surface area contributed by atoms with Gasteiger partial charge in [0.15, 0.2) is 11.6 Å². The summed E-state index contributed by atoms with van der Waals surface area (Å²) >= 11 is 10.0. The van der Waals surface area contributed by atoms with Crippen LogP contribution in [0.25, 0.3) is 0 Å². The van der Waals surface area contributed by atoms with Crippen LogP contribution in [0.15, 0.2) is 113 Å². The minimum absolute atomic E-state index is 0.0731. The summed E-state index contributed by atoms with van der Waals surface area (Å²) in [5.74, 6) is 0.847. The van der Waals surface area contributed by atoms with E-state index in [1.54, 1.807) is 0 Å². The van der Waals surface area contributed by atoms with Crippen LogP contribution in [0.2, 0.25) is 5.02 Å². The van der Waals surface area contributed by atoms with Gasteiger partial charge in [0.1, 0.15) is 5.75 Å². The number of aliphatic hydroxyl groups is 1. The van der Waals surface area contributed by atoms with Crippen molar-refractivity contribution in [3.8, 4) is 5.75 Å². The van der Waals surface area contributed by atoms with Crippen molar-refractivity contribution in [3.63, 3.8) is 0 Å². The lowest BCUT2D eigenvalue weighted by atomic mass is 9.82. The van der Waals surface area contributed by atoms with E-state index in [4.69, 9.17) is 31.2 Å². The van der Waals surface area contributed by atoms with Crippen LogP contribution in [-0.4, -0.2) is 42.2 Å². The highest BCUT2D eigenvalue weighted by Gasteiger charge is 2.53. The summed E-state index contributed by atoms with van der Waals surface area (Å²) < 4.78 is 13.2. The lowest BCUT2D eigenvalue weighted by Crippen LogP contribution is -2.50. The molecule has 1 heterocycles. The van der Waals surface area contributed by atoms with Crippen LogP contribution < -0.4 is 10.1 Å². The third kappa shape index (κ3) is 6.86. The Morgan fingerprint density at radius 3 is 2.36 bits per heavy atom. The predicted molar refractivity (Wildman–Crippen MR) is 169 cm³/mol. The molecular formula is C34H32BrClN2O4. The summed E-state index contributed by atoms with van der Waals surface area (Å²) in [6.45, 7) is 0.892. The maximum Gasteiger partial charge on any atom is 0.252 e. The Morgan fingerprint density at radius 1 is 0.952 bits per heavy atom. The molecule has 5 rings (SSSR count). The molecule has 2 N–H and O–H groups in total. The average molecular weight is 648 g/mol. The molecule has 42 heavy (non-hydrogen) atoms. The normalized spacial score (nSPS) is 17.8. The number of carbonyl (C=O) groups is 1. The second kappa shape index (κ2) is 14.0. The Bertz CT molecular complexity index is 1530. The minimum atomic E-state index is -1.28. The highest BCUT2D eigenvalue weighted by Crippen LogP contribution is 2.43. The van der Waals surface area contributed by atoms with E-state index in [2.05, 4.69) is 21.2 Å². The van der Waals surface area contributed by atoms with Crippen molar-refractivity contribution in [1.29, 1.82) is 0 Å². The highest BCUT2D eigenvalue weighted by atomic mass is 79.9. The molecule has 0 bridgehead atoms. The highest BCUT2D eigenvalue weighted by molar-refractivity contribution is 9.10. The van der Waals surface area contributed by atoms with E-state index in [0.29, 0.717) is 49.1 Å². The number of rotatable bonds is 12. The van der Waals surface area contributed by atoms with Crippen molar-refractivity contribution < 1.29 is 19.4 Å². The zero-order chi connectivity index (χ0) is 29.4. The summed E-state index contributed by atoms with van der Waals surface area (Å²) in [4.78, 5) is 19.4. The van der Waals surface area contributed by atoms with Crippen LogP contribution in [0.3, 0.4) is 0 Å². The molecular weight excluding hydrogens is 616 g/mol. The number of nitrogens with one attached hydrogen (secondary N) is 1. The minimum Gasteiger partial charge on any atom is -0.494 e. The molecule has 0 fully saturated rings. The van der Waals surface area contributed by atoms with Crippen molar-refractivity contribution in [3.05, 3.63) is 135 Å². The van der Waals surface area contributed by atoms with Gasteiger partial charge in [0, 0.05) is 41.1 Å². The van der Waals surface area contributed by atoms with Crippen molar-refractivity contribution in [2.75, 3.05) is 19.8 Å². The summed E-state index contributed by atoms with van der Waals surface area (Å²) in [7, 11) is 0. The molecule has 0 unspecified atom stereocenters. The summed E-state index contributed by atoms with van der Waals surface area (Å²) in [6.07, 6.45) is 0.792. The maximum atomic E-state index is 14.3. The van der Waals surface area contributed by atoms with Gasteiger partial charge in [-0.1, -0.05) is 94.3 Å². The van der Waals surface area contributed by atoms with E-state index in [-0.39, 0.29) is 12.5 Å². The number of carbonyl (C=O) groups excluding carboxylic acids is 1.